The van der Waals surface area contributed by atoms with Crippen LogP contribution in [0.1, 0.15) is 15.4 Å². The van der Waals surface area contributed by atoms with Crippen molar-refractivity contribution in [1.29, 1.82) is 0 Å². The number of halogens is 3. The van der Waals surface area contributed by atoms with Crippen LogP contribution in [0, 0.1) is 0 Å². The van der Waals surface area contributed by atoms with Crippen LogP contribution in [0.15, 0.2) is 18.2 Å². The largest absolute Gasteiger partial charge is 0.497 e. The lowest BCUT2D eigenvalue weighted by atomic mass is 10.2. The van der Waals surface area contributed by atoms with Crippen molar-refractivity contribution >= 4 is 28.1 Å². The van der Waals surface area contributed by atoms with Crippen molar-refractivity contribution in [3.63, 3.8) is 0 Å². The Labute approximate surface area is 132 Å². The van der Waals surface area contributed by atoms with E-state index in [1.165, 1.54) is 26.4 Å². The summed E-state index contributed by atoms with van der Waals surface area (Å²) in [7, 11) is 2.84. The number of nitrogens with zero attached hydrogens (tertiary/aromatic N) is 1. The van der Waals surface area contributed by atoms with Gasteiger partial charge in [0, 0.05) is 6.07 Å². The van der Waals surface area contributed by atoms with Gasteiger partial charge in [0.05, 0.1) is 19.9 Å². The third-order valence-corrected chi connectivity index (χ3v) is 3.70. The van der Waals surface area contributed by atoms with Crippen LogP contribution in [0.3, 0.4) is 0 Å². The van der Waals surface area contributed by atoms with Crippen LogP contribution in [-0.2, 0) is 6.18 Å². The molecule has 2 aromatic rings. The maximum Gasteiger partial charge on any atom is 0.435 e. The molecule has 0 radical (unpaired) electrons. The van der Waals surface area contributed by atoms with Crippen molar-refractivity contribution in [2.75, 3.05) is 19.5 Å². The zero-order valence-corrected chi connectivity index (χ0v) is 12.7. The number of methoxy groups -OCH3 is 2. The summed E-state index contributed by atoms with van der Waals surface area (Å²) in [5.41, 5.74) is -1.11. The fourth-order valence-corrected chi connectivity index (χ4v) is 2.56. The van der Waals surface area contributed by atoms with Crippen LogP contribution in [0.5, 0.6) is 11.5 Å². The summed E-state index contributed by atoms with van der Waals surface area (Å²) in [6, 6.07) is 4.62. The van der Waals surface area contributed by atoms with Crippen molar-refractivity contribution < 1.29 is 32.5 Å². The molecule has 0 aliphatic carbocycles. The summed E-state index contributed by atoms with van der Waals surface area (Å²) < 4.78 is 48.6. The molecule has 0 amide bonds. The fraction of sp³-hybridized carbons (Fsp3) is 0.231. The maximum absolute atomic E-state index is 12.8. The minimum atomic E-state index is -4.85. The molecule has 1 aromatic heterocycles. The molecule has 124 valence electrons. The number of thiazole rings is 1. The number of rotatable bonds is 5. The number of hydrogen-bond acceptors (Lipinski definition) is 6. The zero-order chi connectivity index (χ0) is 17.2. The van der Waals surface area contributed by atoms with Crippen LogP contribution < -0.4 is 14.8 Å². The number of carboxylic acids is 1. The summed E-state index contributed by atoms with van der Waals surface area (Å²) in [5, 5.41) is 11.3. The number of hydrogen-bond donors (Lipinski definition) is 2. The molecule has 0 unspecified atom stereocenters. The van der Waals surface area contributed by atoms with Gasteiger partial charge in [0.15, 0.2) is 10.8 Å². The topological polar surface area (TPSA) is 80.7 Å². The van der Waals surface area contributed by atoms with Gasteiger partial charge >= 0.3 is 12.1 Å². The molecule has 1 heterocycles. The number of carboxylic acid groups (broad SMARTS) is 1. The molecule has 0 spiro atoms. The second kappa shape index (κ2) is 6.32. The lowest BCUT2D eigenvalue weighted by Crippen LogP contribution is -2.11. The van der Waals surface area contributed by atoms with Crippen LogP contribution in [0.2, 0.25) is 0 Å². The average Bonchev–Trinajstić information content (AvgIpc) is 2.92. The van der Waals surface area contributed by atoms with E-state index in [9.17, 15) is 18.0 Å². The van der Waals surface area contributed by atoms with E-state index in [1.54, 1.807) is 6.07 Å². The Morgan fingerprint density at radius 2 is 2.00 bits per heavy atom. The second-order valence-electron chi connectivity index (χ2n) is 4.19. The molecule has 2 rings (SSSR count). The number of ether oxygens (including phenoxy) is 2. The Kier molecular flexibility index (Phi) is 4.64. The van der Waals surface area contributed by atoms with E-state index >= 15 is 0 Å². The van der Waals surface area contributed by atoms with Gasteiger partial charge < -0.3 is 19.9 Å². The Bertz CT molecular complexity index is 730. The van der Waals surface area contributed by atoms with Gasteiger partial charge in [-0.3, -0.25) is 0 Å². The van der Waals surface area contributed by atoms with Gasteiger partial charge in [-0.25, -0.2) is 9.78 Å². The van der Waals surface area contributed by atoms with E-state index in [-0.39, 0.29) is 5.13 Å². The summed E-state index contributed by atoms with van der Waals surface area (Å²) in [6.07, 6.45) is -4.85. The fourth-order valence-electron chi connectivity index (χ4n) is 1.73. The highest BCUT2D eigenvalue weighted by atomic mass is 32.1. The zero-order valence-electron chi connectivity index (χ0n) is 11.9. The number of benzene rings is 1. The van der Waals surface area contributed by atoms with Gasteiger partial charge in [0.25, 0.3) is 0 Å². The Morgan fingerprint density at radius 1 is 1.30 bits per heavy atom. The first kappa shape index (κ1) is 16.9. The number of anilines is 2. The standard InChI is InChI=1S/C13H11F3N2O4S/c1-21-6-3-4-7(8(5-6)22-2)17-12-18-10(13(14,15)16)9(23-12)11(19)20/h3-5H,1-2H3,(H,17,18)(H,19,20). The highest BCUT2D eigenvalue weighted by Gasteiger charge is 2.39. The molecular formula is C13H11F3N2O4S. The van der Waals surface area contributed by atoms with Crippen molar-refractivity contribution in [1.82, 2.24) is 4.98 Å². The normalized spacial score (nSPS) is 11.2. The minimum Gasteiger partial charge on any atom is -0.497 e. The first-order valence-electron chi connectivity index (χ1n) is 6.06. The van der Waals surface area contributed by atoms with Crippen LogP contribution in [0.25, 0.3) is 0 Å². The number of aromatic nitrogens is 1. The quantitative estimate of drug-likeness (QED) is 0.859. The molecule has 2 N–H and O–H groups in total. The Balaban J connectivity index is 2.39. The smallest absolute Gasteiger partial charge is 0.435 e. The number of aromatic carboxylic acids is 1. The molecule has 6 nitrogen and oxygen atoms in total. The second-order valence-corrected chi connectivity index (χ2v) is 5.19. The van der Waals surface area contributed by atoms with Gasteiger partial charge in [-0.05, 0) is 12.1 Å². The average molecular weight is 348 g/mol. The predicted molar refractivity (Wildman–Crippen MR) is 76.9 cm³/mol. The van der Waals surface area contributed by atoms with Gasteiger partial charge in [-0.15, -0.1) is 0 Å². The van der Waals surface area contributed by atoms with Gasteiger partial charge in [0.1, 0.15) is 16.4 Å². The molecule has 0 bridgehead atoms. The third kappa shape index (κ3) is 3.65. The SMILES string of the molecule is COc1ccc(Nc2nc(C(F)(F)F)c(C(=O)O)s2)c(OC)c1. The summed E-state index contributed by atoms with van der Waals surface area (Å²) >= 11 is 0.390. The predicted octanol–water partition coefficient (Wildman–Crippen LogP) is 3.62. The van der Waals surface area contributed by atoms with Crippen molar-refractivity contribution in [2.24, 2.45) is 0 Å². The molecule has 0 saturated heterocycles. The molecule has 0 aliphatic rings. The van der Waals surface area contributed by atoms with E-state index in [1.807, 2.05) is 0 Å². The van der Waals surface area contributed by atoms with E-state index in [0.29, 0.717) is 28.5 Å². The lowest BCUT2D eigenvalue weighted by molar-refractivity contribution is -0.141. The number of alkyl halides is 3. The molecule has 0 fully saturated rings. The van der Waals surface area contributed by atoms with E-state index < -0.39 is 22.7 Å². The maximum atomic E-state index is 12.8. The van der Waals surface area contributed by atoms with Gasteiger partial charge in [0.2, 0.25) is 0 Å². The molecule has 10 heteroatoms. The van der Waals surface area contributed by atoms with E-state index in [4.69, 9.17) is 14.6 Å². The van der Waals surface area contributed by atoms with Crippen molar-refractivity contribution in [3.05, 3.63) is 28.8 Å². The first-order valence-corrected chi connectivity index (χ1v) is 6.88. The Morgan fingerprint density at radius 3 is 2.48 bits per heavy atom. The molecule has 1 aromatic carbocycles. The summed E-state index contributed by atoms with van der Waals surface area (Å²) in [5.74, 6) is -0.886. The third-order valence-electron chi connectivity index (χ3n) is 2.74. The van der Waals surface area contributed by atoms with Gasteiger partial charge in [-0.1, -0.05) is 11.3 Å². The highest BCUT2D eigenvalue weighted by molar-refractivity contribution is 7.17. The highest BCUT2D eigenvalue weighted by Crippen LogP contribution is 2.38. The monoisotopic (exact) mass is 348 g/mol. The van der Waals surface area contributed by atoms with Crippen molar-refractivity contribution in [2.45, 2.75) is 6.18 Å². The number of carbonyl (C=O) groups is 1. The van der Waals surface area contributed by atoms with Crippen LogP contribution in [0.4, 0.5) is 24.0 Å². The number of nitrogens with one attached hydrogen (secondary N) is 1. The summed E-state index contributed by atoms with van der Waals surface area (Å²) in [4.78, 5) is 13.4. The van der Waals surface area contributed by atoms with Crippen LogP contribution >= 0.6 is 11.3 Å². The van der Waals surface area contributed by atoms with Crippen LogP contribution in [-0.4, -0.2) is 30.3 Å². The molecule has 0 saturated carbocycles. The minimum absolute atomic E-state index is 0.210. The van der Waals surface area contributed by atoms with E-state index in [0.717, 1.165) is 0 Å². The first-order chi connectivity index (χ1) is 10.8. The van der Waals surface area contributed by atoms with Gasteiger partial charge in [-0.2, -0.15) is 13.2 Å². The Hall–Kier alpha value is -2.49. The van der Waals surface area contributed by atoms with E-state index in [2.05, 4.69) is 10.3 Å². The molecule has 0 aliphatic heterocycles. The molecule has 0 atom stereocenters. The lowest BCUT2D eigenvalue weighted by Gasteiger charge is -2.10. The molecular weight excluding hydrogens is 337 g/mol. The summed E-state index contributed by atoms with van der Waals surface area (Å²) in [6.45, 7) is 0. The van der Waals surface area contributed by atoms with Crippen molar-refractivity contribution in [3.8, 4) is 11.5 Å². The molecule has 23 heavy (non-hydrogen) atoms.